The second-order valence-corrected chi connectivity index (χ2v) is 3.60. The van der Waals surface area contributed by atoms with Crippen molar-refractivity contribution in [3.63, 3.8) is 0 Å². The maximum atomic E-state index is 10.9. The molecule has 0 radical (unpaired) electrons. The average Bonchev–Trinajstić information content (AvgIpc) is 2.42. The number of carbonyl (C=O) groups is 1. The van der Waals surface area contributed by atoms with Crippen LogP contribution < -0.4 is 10.6 Å². The van der Waals surface area contributed by atoms with Crippen molar-refractivity contribution < 1.29 is 4.79 Å². The number of nitrogens with two attached hydrogens (primary N) is 1. The Hall–Kier alpha value is -1.62. The molecule has 1 aromatic heterocycles. The number of carbonyl (C=O) groups excluding carboxylic acids is 1. The van der Waals surface area contributed by atoms with Gasteiger partial charge in [0.15, 0.2) is 0 Å². The molecule has 0 atom stereocenters. The number of primary amides is 1. The van der Waals surface area contributed by atoms with E-state index in [0.29, 0.717) is 11.1 Å². The summed E-state index contributed by atoms with van der Waals surface area (Å²) >= 11 is 1.11. The van der Waals surface area contributed by atoms with Crippen LogP contribution in [-0.4, -0.2) is 10.9 Å². The van der Waals surface area contributed by atoms with E-state index in [0.717, 1.165) is 16.0 Å². The molecule has 1 heterocycles. The van der Waals surface area contributed by atoms with E-state index in [2.05, 4.69) is 4.98 Å². The van der Waals surface area contributed by atoms with Crippen LogP contribution in [0.1, 0.15) is 10.4 Å². The zero-order chi connectivity index (χ0) is 9.42. The second-order valence-electron chi connectivity index (χ2n) is 2.59. The van der Waals surface area contributed by atoms with Crippen LogP contribution in [0.15, 0.2) is 23.0 Å². The topological polar surface area (TPSA) is 76.0 Å². The lowest BCUT2D eigenvalue weighted by molar-refractivity contribution is 0.100. The third kappa shape index (κ3) is 1.33. The van der Waals surface area contributed by atoms with Gasteiger partial charge in [0, 0.05) is 5.56 Å². The number of thiazole rings is 1. The SMILES string of the molecule is NC(=O)c1ccc2sc(=O)[nH]c2c1. The minimum Gasteiger partial charge on any atom is -0.366 e. The van der Waals surface area contributed by atoms with Gasteiger partial charge in [-0.2, -0.15) is 0 Å². The fourth-order valence-corrected chi connectivity index (χ4v) is 1.82. The maximum Gasteiger partial charge on any atom is 0.305 e. The number of H-pyrrole nitrogens is 1. The molecule has 2 rings (SSSR count). The number of benzene rings is 1. The molecule has 0 bridgehead atoms. The monoisotopic (exact) mass is 194 g/mol. The van der Waals surface area contributed by atoms with E-state index in [1.165, 1.54) is 0 Å². The molecule has 3 N–H and O–H groups in total. The molecule has 0 saturated heterocycles. The number of fused-ring (bicyclic) bond motifs is 1. The largest absolute Gasteiger partial charge is 0.366 e. The molecular weight excluding hydrogens is 188 g/mol. The van der Waals surface area contributed by atoms with Crippen LogP contribution >= 0.6 is 11.3 Å². The van der Waals surface area contributed by atoms with Gasteiger partial charge in [-0.05, 0) is 18.2 Å². The van der Waals surface area contributed by atoms with Gasteiger partial charge in [-0.15, -0.1) is 0 Å². The lowest BCUT2D eigenvalue weighted by Crippen LogP contribution is -2.10. The predicted octanol–water partition coefficient (Wildman–Crippen LogP) is 0.689. The molecule has 1 amide bonds. The Balaban J connectivity index is 2.74. The zero-order valence-electron chi connectivity index (χ0n) is 6.53. The summed E-state index contributed by atoms with van der Waals surface area (Å²) in [4.78, 5) is 24.2. The van der Waals surface area contributed by atoms with E-state index in [4.69, 9.17) is 5.73 Å². The Kier molecular flexibility index (Phi) is 1.66. The van der Waals surface area contributed by atoms with Crippen LogP contribution in [0.3, 0.4) is 0 Å². The van der Waals surface area contributed by atoms with Crippen molar-refractivity contribution in [1.29, 1.82) is 0 Å². The van der Waals surface area contributed by atoms with E-state index < -0.39 is 5.91 Å². The van der Waals surface area contributed by atoms with Crippen molar-refractivity contribution in [2.75, 3.05) is 0 Å². The quantitative estimate of drug-likeness (QED) is 0.700. The first-order valence-corrected chi connectivity index (χ1v) is 4.41. The minimum atomic E-state index is -0.492. The molecule has 5 heteroatoms. The molecule has 4 nitrogen and oxygen atoms in total. The summed E-state index contributed by atoms with van der Waals surface area (Å²) in [5.74, 6) is -0.492. The van der Waals surface area contributed by atoms with Crippen molar-refractivity contribution in [1.82, 2.24) is 4.98 Å². The fraction of sp³-hybridized carbons (Fsp3) is 0. The lowest BCUT2D eigenvalue weighted by Gasteiger charge is -1.93. The summed E-state index contributed by atoms with van der Waals surface area (Å²) in [5, 5.41) is 0. The summed E-state index contributed by atoms with van der Waals surface area (Å²) in [6.45, 7) is 0. The lowest BCUT2D eigenvalue weighted by atomic mass is 10.2. The van der Waals surface area contributed by atoms with Crippen LogP contribution in [-0.2, 0) is 0 Å². The molecule has 0 aliphatic carbocycles. The smallest absolute Gasteiger partial charge is 0.305 e. The van der Waals surface area contributed by atoms with Gasteiger partial charge in [0.2, 0.25) is 5.91 Å². The molecule has 0 aliphatic heterocycles. The highest BCUT2D eigenvalue weighted by molar-refractivity contribution is 7.16. The zero-order valence-corrected chi connectivity index (χ0v) is 7.35. The normalized spacial score (nSPS) is 10.5. The molecule has 0 aliphatic rings. The van der Waals surface area contributed by atoms with E-state index in [1.54, 1.807) is 18.2 Å². The first-order valence-electron chi connectivity index (χ1n) is 3.59. The Morgan fingerprint density at radius 1 is 1.46 bits per heavy atom. The summed E-state index contributed by atoms with van der Waals surface area (Å²) in [5.41, 5.74) is 6.15. The van der Waals surface area contributed by atoms with Crippen LogP contribution in [0.25, 0.3) is 10.2 Å². The predicted molar refractivity (Wildman–Crippen MR) is 51.0 cm³/mol. The highest BCUT2D eigenvalue weighted by Gasteiger charge is 2.03. The number of aromatic nitrogens is 1. The number of rotatable bonds is 1. The molecule has 0 spiro atoms. The fourth-order valence-electron chi connectivity index (χ4n) is 1.11. The maximum absolute atomic E-state index is 10.9. The van der Waals surface area contributed by atoms with E-state index in [-0.39, 0.29) is 4.87 Å². The van der Waals surface area contributed by atoms with Gasteiger partial charge < -0.3 is 10.7 Å². The summed E-state index contributed by atoms with van der Waals surface area (Å²) in [6, 6.07) is 4.89. The van der Waals surface area contributed by atoms with Crippen molar-refractivity contribution >= 4 is 27.5 Å². The number of nitrogens with one attached hydrogen (secondary N) is 1. The molecule has 0 unspecified atom stereocenters. The van der Waals surface area contributed by atoms with Gasteiger partial charge in [-0.3, -0.25) is 9.59 Å². The minimum absolute atomic E-state index is 0.128. The van der Waals surface area contributed by atoms with Crippen LogP contribution in [0.2, 0.25) is 0 Å². The molecule has 66 valence electrons. The van der Waals surface area contributed by atoms with E-state index in [9.17, 15) is 9.59 Å². The number of aromatic amines is 1. The Morgan fingerprint density at radius 3 is 2.92 bits per heavy atom. The Morgan fingerprint density at radius 2 is 2.23 bits per heavy atom. The highest BCUT2D eigenvalue weighted by atomic mass is 32.1. The van der Waals surface area contributed by atoms with E-state index in [1.807, 2.05) is 0 Å². The summed E-state index contributed by atoms with van der Waals surface area (Å²) in [7, 11) is 0. The molecular formula is C8H6N2O2S. The molecule has 0 saturated carbocycles. The van der Waals surface area contributed by atoms with Gasteiger partial charge in [-0.1, -0.05) is 11.3 Å². The number of hydrogen-bond acceptors (Lipinski definition) is 3. The van der Waals surface area contributed by atoms with Crippen LogP contribution in [0.4, 0.5) is 0 Å². The van der Waals surface area contributed by atoms with Crippen LogP contribution in [0.5, 0.6) is 0 Å². The molecule has 13 heavy (non-hydrogen) atoms. The summed E-state index contributed by atoms with van der Waals surface area (Å²) < 4.78 is 0.829. The van der Waals surface area contributed by atoms with Crippen molar-refractivity contribution in [3.8, 4) is 0 Å². The van der Waals surface area contributed by atoms with E-state index >= 15 is 0 Å². The third-order valence-electron chi connectivity index (χ3n) is 1.70. The second kappa shape index (κ2) is 2.70. The number of hydrogen-bond donors (Lipinski definition) is 2. The van der Waals surface area contributed by atoms with Crippen molar-refractivity contribution in [2.24, 2.45) is 5.73 Å². The van der Waals surface area contributed by atoms with Gasteiger partial charge in [0.05, 0.1) is 10.2 Å². The summed E-state index contributed by atoms with van der Waals surface area (Å²) in [6.07, 6.45) is 0. The number of amides is 1. The molecule has 1 aromatic carbocycles. The Bertz CT molecular complexity index is 526. The van der Waals surface area contributed by atoms with Gasteiger partial charge >= 0.3 is 4.87 Å². The third-order valence-corrected chi connectivity index (χ3v) is 2.57. The van der Waals surface area contributed by atoms with Gasteiger partial charge in [-0.25, -0.2) is 0 Å². The van der Waals surface area contributed by atoms with Crippen molar-refractivity contribution in [2.45, 2.75) is 0 Å². The highest BCUT2D eigenvalue weighted by Crippen LogP contribution is 2.15. The molecule has 2 aromatic rings. The van der Waals surface area contributed by atoms with Gasteiger partial charge in [0.25, 0.3) is 0 Å². The molecule has 0 fully saturated rings. The standard InChI is InChI=1S/C8H6N2O2S/c9-7(11)4-1-2-6-5(3-4)10-8(12)13-6/h1-3H,(H2,9,11)(H,10,12). The average molecular weight is 194 g/mol. The first kappa shape index (κ1) is 8.00. The Labute approximate surface area is 77.0 Å². The first-order chi connectivity index (χ1) is 6.16. The van der Waals surface area contributed by atoms with Crippen LogP contribution in [0, 0.1) is 0 Å². The van der Waals surface area contributed by atoms with Crippen molar-refractivity contribution in [3.05, 3.63) is 33.4 Å². The van der Waals surface area contributed by atoms with Gasteiger partial charge in [0.1, 0.15) is 0 Å².